The van der Waals surface area contributed by atoms with Crippen LogP contribution in [0.25, 0.3) is 11.1 Å². The first-order valence-electron chi connectivity index (χ1n) is 5.92. The summed E-state index contributed by atoms with van der Waals surface area (Å²) in [6.07, 6.45) is 0. The summed E-state index contributed by atoms with van der Waals surface area (Å²) in [7, 11) is 3.52. The first kappa shape index (κ1) is 14.2. The Hall–Kier alpha value is -1.22. The van der Waals surface area contributed by atoms with Gasteiger partial charge < -0.3 is 10.1 Å². The maximum atomic E-state index is 6.17. The number of hydrogen-bond acceptors (Lipinski definition) is 2. The summed E-state index contributed by atoms with van der Waals surface area (Å²) >= 11 is 12.2. The van der Waals surface area contributed by atoms with Crippen LogP contribution in [0.5, 0.6) is 5.75 Å². The number of benzene rings is 2. The molecule has 0 unspecified atom stereocenters. The Balaban J connectivity index is 2.48. The van der Waals surface area contributed by atoms with Crippen molar-refractivity contribution in [3.63, 3.8) is 0 Å². The van der Waals surface area contributed by atoms with Gasteiger partial charge in [0.15, 0.2) is 0 Å². The van der Waals surface area contributed by atoms with E-state index in [1.807, 2.05) is 43.4 Å². The summed E-state index contributed by atoms with van der Waals surface area (Å²) in [5.74, 6) is 0.676. The molecule has 0 aliphatic rings. The second kappa shape index (κ2) is 6.29. The molecular formula is C15H15Cl2NO. The van der Waals surface area contributed by atoms with Crippen molar-refractivity contribution in [2.45, 2.75) is 6.54 Å². The molecule has 0 saturated carbocycles. The Labute approximate surface area is 123 Å². The zero-order valence-corrected chi connectivity index (χ0v) is 12.3. The molecule has 2 aromatic carbocycles. The Bertz CT molecular complexity index is 584. The van der Waals surface area contributed by atoms with E-state index in [0.717, 1.165) is 28.3 Å². The zero-order valence-electron chi connectivity index (χ0n) is 10.8. The molecule has 1 N–H and O–H groups in total. The minimum Gasteiger partial charge on any atom is -0.495 e. The average molecular weight is 296 g/mol. The lowest BCUT2D eigenvalue weighted by Gasteiger charge is -2.11. The highest BCUT2D eigenvalue weighted by Crippen LogP contribution is 2.32. The molecular weight excluding hydrogens is 281 g/mol. The molecule has 2 rings (SSSR count). The van der Waals surface area contributed by atoms with Crippen LogP contribution >= 0.6 is 23.2 Å². The number of rotatable bonds is 4. The van der Waals surface area contributed by atoms with Gasteiger partial charge in [0.25, 0.3) is 0 Å². The van der Waals surface area contributed by atoms with Gasteiger partial charge in [-0.25, -0.2) is 0 Å². The van der Waals surface area contributed by atoms with Gasteiger partial charge in [-0.05, 0) is 48.0 Å². The molecule has 0 aliphatic carbocycles. The second-order valence-corrected chi connectivity index (χ2v) is 5.02. The third-order valence-corrected chi connectivity index (χ3v) is 3.43. The third kappa shape index (κ3) is 3.21. The fraction of sp³-hybridized carbons (Fsp3) is 0.200. The van der Waals surface area contributed by atoms with Crippen molar-refractivity contribution in [3.8, 4) is 16.9 Å². The van der Waals surface area contributed by atoms with Gasteiger partial charge in [-0.3, -0.25) is 0 Å². The Morgan fingerprint density at radius 3 is 2.53 bits per heavy atom. The van der Waals surface area contributed by atoms with Crippen LogP contribution in [0.2, 0.25) is 10.0 Å². The SMILES string of the molecule is CNCc1cc(Cl)ccc1-c1ccc(OC)c(Cl)c1. The Morgan fingerprint density at radius 1 is 1.11 bits per heavy atom. The van der Waals surface area contributed by atoms with Crippen molar-refractivity contribution in [1.82, 2.24) is 5.32 Å². The molecule has 0 aliphatic heterocycles. The summed E-state index contributed by atoms with van der Waals surface area (Å²) < 4.78 is 5.17. The number of halogens is 2. The normalized spacial score (nSPS) is 10.5. The maximum absolute atomic E-state index is 6.17. The van der Waals surface area contributed by atoms with Crippen molar-refractivity contribution < 1.29 is 4.74 Å². The van der Waals surface area contributed by atoms with Gasteiger partial charge in [0.2, 0.25) is 0 Å². The van der Waals surface area contributed by atoms with Crippen molar-refractivity contribution >= 4 is 23.2 Å². The lowest BCUT2D eigenvalue weighted by molar-refractivity contribution is 0.415. The molecule has 0 heterocycles. The first-order valence-corrected chi connectivity index (χ1v) is 6.68. The van der Waals surface area contributed by atoms with E-state index in [2.05, 4.69) is 5.32 Å². The number of ether oxygens (including phenoxy) is 1. The lowest BCUT2D eigenvalue weighted by Crippen LogP contribution is -2.06. The van der Waals surface area contributed by atoms with E-state index >= 15 is 0 Å². The molecule has 19 heavy (non-hydrogen) atoms. The van der Waals surface area contributed by atoms with Gasteiger partial charge >= 0.3 is 0 Å². The van der Waals surface area contributed by atoms with Crippen molar-refractivity contribution in [2.75, 3.05) is 14.2 Å². The highest BCUT2D eigenvalue weighted by Gasteiger charge is 2.08. The summed E-state index contributed by atoms with van der Waals surface area (Å²) in [6, 6.07) is 11.6. The predicted molar refractivity (Wildman–Crippen MR) is 81.2 cm³/mol. The zero-order chi connectivity index (χ0) is 13.8. The van der Waals surface area contributed by atoms with Crippen LogP contribution in [-0.2, 0) is 6.54 Å². The standard InChI is InChI=1S/C15H15Cl2NO/c1-18-9-11-7-12(16)4-5-13(11)10-3-6-15(19-2)14(17)8-10/h3-8,18H,9H2,1-2H3. The summed E-state index contributed by atoms with van der Waals surface area (Å²) in [5, 5.41) is 4.47. The van der Waals surface area contributed by atoms with E-state index in [1.54, 1.807) is 7.11 Å². The Morgan fingerprint density at radius 2 is 1.89 bits per heavy atom. The monoisotopic (exact) mass is 295 g/mol. The smallest absolute Gasteiger partial charge is 0.137 e. The largest absolute Gasteiger partial charge is 0.495 e. The molecule has 0 spiro atoms. The second-order valence-electron chi connectivity index (χ2n) is 4.18. The van der Waals surface area contributed by atoms with Gasteiger partial charge in [-0.2, -0.15) is 0 Å². The van der Waals surface area contributed by atoms with Crippen molar-refractivity contribution in [1.29, 1.82) is 0 Å². The van der Waals surface area contributed by atoms with E-state index < -0.39 is 0 Å². The third-order valence-electron chi connectivity index (χ3n) is 2.90. The van der Waals surface area contributed by atoms with Crippen molar-refractivity contribution in [2.24, 2.45) is 0 Å². The highest BCUT2D eigenvalue weighted by atomic mass is 35.5. The summed E-state index contributed by atoms with van der Waals surface area (Å²) in [5.41, 5.74) is 3.30. The molecule has 100 valence electrons. The fourth-order valence-electron chi connectivity index (χ4n) is 2.01. The predicted octanol–water partition coefficient (Wildman–Crippen LogP) is 4.39. The van der Waals surface area contributed by atoms with Crippen molar-refractivity contribution in [3.05, 3.63) is 52.0 Å². The Kier molecular flexibility index (Phi) is 4.70. The van der Waals surface area contributed by atoms with E-state index in [1.165, 1.54) is 0 Å². The van der Waals surface area contributed by atoms with Gasteiger partial charge in [0.1, 0.15) is 5.75 Å². The van der Waals surface area contributed by atoms with E-state index in [0.29, 0.717) is 10.8 Å². The van der Waals surface area contributed by atoms with Gasteiger partial charge in [0.05, 0.1) is 12.1 Å². The van der Waals surface area contributed by atoms with Gasteiger partial charge in [-0.1, -0.05) is 35.3 Å². The van der Waals surface area contributed by atoms with Crippen LogP contribution < -0.4 is 10.1 Å². The van der Waals surface area contributed by atoms with Gasteiger partial charge in [-0.15, -0.1) is 0 Å². The quantitative estimate of drug-likeness (QED) is 0.903. The molecule has 4 heteroatoms. The molecule has 0 saturated heterocycles. The van der Waals surface area contributed by atoms with E-state index in [-0.39, 0.29) is 0 Å². The molecule has 0 bridgehead atoms. The van der Waals surface area contributed by atoms with Crippen LogP contribution in [0.1, 0.15) is 5.56 Å². The van der Waals surface area contributed by atoms with Crippen LogP contribution in [-0.4, -0.2) is 14.2 Å². The van der Waals surface area contributed by atoms with Crippen LogP contribution in [0.15, 0.2) is 36.4 Å². The molecule has 2 nitrogen and oxygen atoms in total. The molecule has 2 aromatic rings. The highest BCUT2D eigenvalue weighted by molar-refractivity contribution is 6.32. The van der Waals surface area contributed by atoms with E-state index in [4.69, 9.17) is 27.9 Å². The topological polar surface area (TPSA) is 21.3 Å². The molecule has 0 aromatic heterocycles. The summed E-state index contributed by atoms with van der Waals surface area (Å²) in [4.78, 5) is 0. The van der Waals surface area contributed by atoms with Gasteiger partial charge in [0, 0.05) is 11.6 Å². The number of hydrogen-bond donors (Lipinski definition) is 1. The molecule has 0 fully saturated rings. The number of methoxy groups -OCH3 is 1. The fourth-order valence-corrected chi connectivity index (χ4v) is 2.47. The first-order chi connectivity index (χ1) is 9.15. The van der Waals surface area contributed by atoms with Crippen LogP contribution in [0.3, 0.4) is 0 Å². The summed E-state index contributed by atoms with van der Waals surface area (Å²) in [6.45, 7) is 0.750. The maximum Gasteiger partial charge on any atom is 0.137 e. The minimum absolute atomic E-state index is 0.602. The molecule has 0 radical (unpaired) electrons. The van der Waals surface area contributed by atoms with E-state index in [9.17, 15) is 0 Å². The minimum atomic E-state index is 0.602. The molecule has 0 atom stereocenters. The average Bonchev–Trinajstić information content (AvgIpc) is 2.39. The molecule has 0 amide bonds. The van der Waals surface area contributed by atoms with Crippen LogP contribution in [0.4, 0.5) is 0 Å². The lowest BCUT2D eigenvalue weighted by atomic mass is 9.99. The van der Waals surface area contributed by atoms with Crippen LogP contribution in [0, 0.1) is 0 Å². The number of nitrogens with one attached hydrogen (secondary N) is 1.